The Labute approximate surface area is 179 Å². The number of nitrogens with one attached hydrogen (secondary N) is 2. The summed E-state index contributed by atoms with van der Waals surface area (Å²) in [5, 5.41) is 11.1. The van der Waals surface area contributed by atoms with Crippen molar-refractivity contribution in [1.29, 1.82) is 0 Å². The summed E-state index contributed by atoms with van der Waals surface area (Å²) in [5.74, 6) is 1.21. The van der Waals surface area contributed by atoms with Gasteiger partial charge >= 0.3 is 6.03 Å². The van der Waals surface area contributed by atoms with Crippen molar-refractivity contribution in [3.05, 3.63) is 64.3 Å². The number of benzene rings is 2. The van der Waals surface area contributed by atoms with Gasteiger partial charge in [-0.25, -0.2) is 9.48 Å². The molecule has 3 rings (SSSR count). The summed E-state index contributed by atoms with van der Waals surface area (Å²) in [6.07, 6.45) is 0. The molecule has 2 aromatic carbocycles. The van der Waals surface area contributed by atoms with Crippen molar-refractivity contribution in [2.24, 2.45) is 0 Å². The number of anilines is 2. The van der Waals surface area contributed by atoms with E-state index < -0.39 is 6.03 Å². The third-order valence-corrected chi connectivity index (χ3v) is 4.74. The number of aromatic nitrogens is 2. The molecule has 0 radical (unpaired) electrons. The second kappa shape index (κ2) is 8.35. The lowest BCUT2D eigenvalue weighted by atomic mass is 9.92. The molecule has 0 bridgehead atoms. The fourth-order valence-corrected chi connectivity index (χ4v) is 3.09. The summed E-state index contributed by atoms with van der Waals surface area (Å²) in [4.78, 5) is 12.6. The smallest absolute Gasteiger partial charge is 0.324 e. The second-order valence-corrected chi connectivity index (χ2v) is 8.33. The molecule has 1 aromatic heterocycles. The normalized spacial score (nSPS) is 11.2. The van der Waals surface area contributed by atoms with Crippen LogP contribution in [0.1, 0.15) is 26.5 Å². The van der Waals surface area contributed by atoms with Crippen LogP contribution in [0.5, 0.6) is 5.75 Å². The number of hydrogen-bond donors (Lipinski definition) is 2. The molecule has 0 saturated heterocycles. The lowest BCUT2D eigenvalue weighted by Gasteiger charge is -2.14. The minimum atomic E-state index is -0.446. The van der Waals surface area contributed by atoms with E-state index in [-0.39, 0.29) is 5.41 Å². The van der Waals surface area contributed by atoms with E-state index in [1.165, 1.54) is 0 Å². The molecule has 0 saturated carbocycles. The number of urea groups is 1. The zero-order chi connectivity index (χ0) is 21.2. The Balaban J connectivity index is 1.92. The van der Waals surface area contributed by atoms with Gasteiger partial charge < -0.3 is 10.1 Å². The molecule has 0 aliphatic rings. The summed E-state index contributed by atoms with van der Waals surface area (Å²) in [6.45, 7) is 6.17. The van der Waals surface area contributed by atoms with Crippen LogP contribution in [-0.4, -0.2) is 22.9 Å². The fourth-order valence-electron chi connectivity index (χ4n) is 2.64. The number of carbonyl (C=O) groups is 1. The number of nitrogens with zero attached hydrogens (tertiary/aromatic N) is 2. The summed E-state index contributed by atoms with van der Waals surface area (Å²) < 4.78 is 6.98. The van der Waals surface area contributed by atoms with Crippen LogP contribution in [0.3, 0.4) is 0 Å². The molecular weight excluding hydrogens is 411 g/mol. The van der Waals surface area contributed by atoms with Gasteiger partial charge in [0.1, 0.15) is 11.6 Å². The molecule has 29 heavy (non-hydrogen) atoms. The van der Waals surface area contributed by atoms with E-state index >= 15 is 0 Å². The van der Waals surface area contributed by atoms with Gasteiger partial charge in [0.2, 0.25) is 0 Å². The van der Waals surface area contributed by atoms with Crippen LogP contribution in [0.15, 0.2) is 48.5 Å². The Morgan fingerprint density at radius 3 is 2.48 bits per heavy atom. The SMILES string of the molecule is COc1cccc(-n2nc(C(C)(C)C)cc2NC(=O)Nc2ccc(Cl)cc2Cl)c1. The molecule has 0 atom stereocenters. The minimum absolute atomic E-state index is 0.198. The summed E-state index contributed by atoms with van der Waals surface area (Å²) in [6, 6.07) is 13.7. The van der Waals surface area contributed by atoms with Crippen LogP contribution in [0.2, 0.25) is 10.0 Å². The number of amides is 2. The molecule has 8 heteroatoms. The molecule has 0 aliphatic carbocycles. The average Bonchev–Trinajstić information content (AvgIpc) is 3.08. The lowest BCUT2D eigenvalue weighted by Crippen LogP contribution is -2.21. The molecule has 0 fully saturated rings. The summed E-state index contributed by atoms with van der Waals surface area (Å²) >= 11 is 12.1. The van der Waals surface area contributed by atoms with Crippen LogP contribution in [-0.2, 0) is 5.41 Å². The predicted molar refractivity (Wildman–Crippen MR) is 118 cm³/mol. The van der Waals surface area contributed by atoms with Crippen molar-refractivity contribution in [2.45, 2.75) is 26.2 Å². The minimum Gasteiger partial charge on any atom is -0.497 e. The standard InChI is InChI=1S/C21H22Cl2N4O2/c1-21(2,3)18-12-19(27(26-18)14-6-5-7-15(11-14)29-4)25-20(28)24-17-9-8-13(22)10-16(17)23/h5-12H,1-4H3,(H2,24,25,28). The van der Waals surface area contributed by atoms with Crippen molar-refractivity contribution in [2.75, 3.05) is 17.7 Å². The first kappa shape index (κ1) is 21.0. The maximum Gasteiger partial charge on any atom is 0.324 e. The van der Waals surface area contributed by atoms with Crippen LogP contribution < -0.4 is 15.4 Å². The molecule has 0 unspecified atom stereocenters. The first-order valence-electron chi connectivity index (χ1n) is 8.95. The van der Waals surface area contributed by atoms with Gasteiger partial charge in [0.15, 0.2) is 0 Å². The van der Waals surface area contributed by atoms with Gasteiger partial charge in [-0.1, -0.05) is 50.0 Å². The molecule has 152 valence electrons. The van der Waals surface area contributed by atoms with Gasteiger partial charge in [0.05, 0.1) is 29.2 Å². The van der Waals surface area contributed by atoms with Crippen LogP contribution in [0.25, 0.3) is 5.69 Å². The monoisotopic (exact) mass is 432 g/mol. The Bertz CT molecular complexity index is 1040. The topological polar surface area (TPSA) is 68.2 Å². The summed E-state index contributed by atoms with van der Waals surface area (Å²) in [7, 11) is 1.60. The van der Waals surface area contributed by atoms with Gasteiger partial charge in [-0.2, -0.15) is 5.10 Å². The van der Waals surface area contributed by atoms with E-state index in [9.17, 15) is 4.79 Å². The van der Waals surface area contributed by atoms with Gasteiger partial charge in [-0.15, -0.1) is 0 Å². The number of rotatable bonds is 4. The van der Waals surface area contributed by atoms with Crippen molar-refractivity contribution in [3.63, 3.8) is 0 Å². The number of carbonyl (C=O) groups excluding carboxylic acids is 1. The number of hydrogen-bond acceptors (Lipinski definition) is 3. The Morgan fingerprint density at radius 1 is 1.07 bits per heavy atom. The molecule has 2 N–H and O–H groups in total. The van der Waals surface area contributed by atoms with E-state index in [0.29, 0.717) is 27.3 Å². The first-order valence-corrected chi connectivity index (χ1v) is 9.71. The quantitative estimate of drug-likeness (QED) is 0.520. The number of methoxy groups -OCH3 is 1. The largest absolute Gasteiger partial charge is 0.497 e. The molecule has 6 nitrogen and oxygen atoms in total. The summed E-state index contributed by atoms with van der Waals surface area (Å²) in [5.41, 5.74) is 1.85. The van der Waals surface area contributed by atoms with Crippen molar-refractivity contribution >= 4 is 40.7 Å². The van der Waals surface area contributed by atoms with Crippen molar-refractivity contribution in [3.8, 4) is 11.4 Å². The Hall–Kier alpha value is -2.70. The third-order valence-electron chi connectivity index (χ3n) is 4.20. The van der Waals surface area contributed by atoms with E-state index in [0.717, 1.165) is 11.4 Å². The highest BCUT2D eigenvalue weighted by atomic mass is 35.5. The predicted octanol–water partition coefficient (Wildman–Crippen LogP) is 6.13. The maximum absolute atomic E-state index is 12.6. The molecular formula is C21H22Cl2N4O2. The molecule has 0 aliphatic heterocycles. The zero-order valence-electron chi connectivity index (χ0n) is 16.6. The fraction of sp³-hybridized carbons (Fsp3) is 0.238. The van der Waals surface area contributed by atoms with E-state index in [1.54, 1.807) is 30.0 Å². The zero-order valence-corrected chi connectivity index (χ0v) is 18.1. The average molecular weight is 433 g/mol. The molecule has 2 amide bonds. The van der Waals surface area contributed by atoms with Crippen molar-refractivity contribution in [1.82, 2.24) is 9.78 Å². The Morgan fingerprint density at radius 2 is 1.83 bits per heavy atom. The van der Waals surface area contributed by atoms with Crippen LogP contribution in [0.4, 0.5) is 16.3 Å². The number of ether oxygens (including phenoxy) is 1. The van der Waals surface area contributed by atoms with Crippen molar-refractivity contribution < 1.29 is 9.53 Å². The van der Waals surface area contributed by atoms with Gasteiger partial charge in [0, 0.05) is 22.6 Å². The second-order valence-electron chi connectivity index (χ2n) is 7.48. The molecule has 0 spiro atoms. The highest BCUT2D eigenvalue weighted by molar-refractivity contribution is 6.36. The first-order chi connectivity index (χ1) is 13.7. The van der Waals surface area contributed by atoms with E-state index in [1.807, 2.05) is 30.3 Å². The van der Waals surface area contributed by atoms with Crippen LogP contribution in [0, 0.1) is 0 Å². The van der Waals surface area contributed by atoms with E-state index in [2.05, 4.69) is 31.4 Å². The highest BCUT2D eigenvalue weighted by Crippen LogP contribution is 2.29. The number of halogens is 2. The van der Waals surface area contributed by atoms with Crippen LogP contribution >= 0.6 is 23.2 Å². The Kier molecular flexibility index (Phi) is 6.05. The molecule has 3 aromatic rings. The van der Waals surface area contributed by atoms with E-state index in [4.69, 9.17) is 33.0 Å². The van der Waals surface area contributed by atoms with Gasteiger partial charge in [-0.3, -0.25) is 5.32 Å². The third kappa shape index (κ3) is 5.02. The van der Waals surface area contributed by atoms with Gasteiger partial charge in [0.25, 0.3) is 0 Å². The maximum atomic E-state index is 12.6. The van der Waals surface area contributed by atoms with Gasteiger partial charge in [-0.05, 0) is 30.3 Å². The molecule has 1 heterocycles. The highest BCUT2D eigenvalue weighted by Gasteiger charge is 2.22. The lowest BCUT2D eigenvalue weighted by molar-refractivity contribution is 0.262.